The van der Waals surface area contributed by atoms with Crippen LogP contribution in [0.5, 0.6) is 0 Å². The Balaban J connectivity index is 2.29. The highest BCUT2D eigenvalue weighted by molar-refractivity contribution is 5.36. The maximum atomic E-state index is 5.79. The summed E-state index contributed by atoms with van der Waals surface area (Å²) in [5, 5.41) is 0. The van der Waals surface area contributed by atoms with Gasteiger partial charge < -0.3 is 10.6 Å². The highest BCUT2D eigenvalue weighted by atomic mass is 15.3. The van der Waals surface area contributed by atoms with Gasteiger partial charge in [0.15, 0.2) is 0 Å². The summed E-state index contributed by atoms with van der Waals surface area (Å²) in [7, 11) is 0. The SMILES string of the molecule is Cc1cnc(N2CCCC2CN)nc1C(C)C. The molecule has 4 nitrogen and oxygen atoms in total. The standard InChI is InChI=1S/C13H22N4/c1-9(2)12-10(3)8-15-13(16-12)17-6-4-5-11(17)7-14/h8-9,11H,4-7,14H2,1-3H3. The molecule has 1 atom stereocenters. The number of nitrogens with zero attached hydrogens (tertiary/aromatic N) is 3. The summed E-state index contributed by atoms with van der Waals surface area (Å²) < 4.78 is 0. The lowest BCUT2D eigenvalue weighted by Gasteiger charge is -2.24. The molecule has 2 rings (SSSR count). The molecule has 1 unspecified atom stereocenters. The minimum absolute atomic E-state index is 0.415. The molecule has 1 aromatic heterocycles. The van der Waals surface area contributed by atoms with Crippen LogP contribution in [0.25, 0.3) is 0 Å². The molecule has 0 amide bonds. The Morgan fingerprint density at radius 2 is 2.29 bits per heavy atom. The third-order valence-electron chi connectivity index (χ3n) is 3.45. The lowest BCUT2D eigenvalue weighted by molar-refractivity contribution is 0.659. The molecule has 1 aromatic rings. The Hall–Kier alpha value is -1.16. The summed E-state index contributed by atoms with van der Waals surface area (Å²) in [5.41, 5.74) is 8.12. The molecule has 94 valence electrons. The van der Waals surface area contributed by atoms with E-state index in [-0.39, 0.29) is 0 Å². The number of hydrogen-bond donors (Lipinski definition) is 1. The van der Waals surface area contributed by atoms with Gasteiger partial charge in [0.1, 0.15) is 0 Å². The molecule has 1 aliphatic rings. The zero-order valence-corrected chi connectivity index (χ0v) is 11.0. The fourth-order valence-electron chi connectivity index (χ4n) is 2.51. The second-order valence-corrected chi connectivity index (χ2v) is 5.12. The minimum Gasteiger partial charge on any atom is -0.337 e. The van der Waals surface area contributed by atoms with Crippen molar-refractivity contribution in [1.82, 2.24) is 9.97 Å². The van der Waals surface area contributed by atoms with E-state index in [0.717, 1.165) is 24.6 Å². The van der Waals surface area contributed by atoms with E-state index >= 15 is 0 Å². The first-order chi connectivity index (χ1) is 8.13. The van der Waals surface area contributed by atoms with E-state index in [9.17, 15) is 0 Å². The first-order valence-electron chi connectivity index (χ1n) is 6.43. The zero-order chi connectivity index (χ0) is 12.4. The molecular formula is C13H22N4. The number of aryl methyl sites for hydroxylation is 1. The molecule has 1 saturated heterocycles. The van der Waals surface area contributed by atoms with E-state index in [0.29, 0.717) is 18.5 Å². The normalized spacial score (nSPS) is 20.3. The second kappa shape index (κ2) is 5.00. The molecule has 0 radical (unpaired) electrons. The van der Waals surface area contributed by atoms with Crippen molar-refractivity contribution >= 4 is 5.95 Å². The molecule has 0 spiro atoms. The smallest absolute Gasteiger partial charge is 0.225 e. The predicted molar refractivity (Wildman–Crippen MR) is 70.3 cm³/mol. The predicted octanol–water partition coefficient (Wildman–Crippen LogP) is 1.84. The van der Waals surface area contributed by atoms with Crippen molar-refractivity contribution in [2.45, 2.75) is 45.6 Å². The Bertz CT molecular complexity index is 389. The monoisotopic (exact) mass is 234 g/mol. The minimum atomic E-state index is 0.415. The molecule has 1 fully saturated rings. The van der Waals surface area contributed by atoms with Crippen LogP contribution >= 0.6 is 0 Å². The molecule has 17 heavy (non-hydrogen) atoms. The van der Waals surface area contributed by atoms with Gasteiger partial charge in [0, 0.05) is 25.3 Å². The molecule has 0 aliphatic carbocycles. The van der Waals surface area contributed by atoms with Gasteiger partial charge in [-0.1, -0.05) is 13.8 Å². The summed E-state index contributed by atoms with van der Waals surface area (Å²) in [5.74, 6) is 1.29. The summed E-state index contributed by atoms with van der Waals surface area (Å²) in [6.07, 6.45) is 4.28. The average Bonchev–Trinajstić information content (AvgIpc) is 2.77. The summed E-state index contributed by atoms with van der Waals surface area (Å²) in [6, 6.07) is 0.415. The fourth-order valence-corrected chi connectivity index (χ4v) is 2.51. The fraction of sp³-hybridized carbons (Fsp3) is 0.692. The van der Waals surface area contributed by atoms with Crippen molar-refractivity contribution in [1.29, 1.82) is 0 Å². The van der Waals surface area contributed by atoms with E-state index < -0.39 is 0 Å². The molecule has 1 aliphatic heterocycles. The van der Waals surface area contributed by atoms with Gasteiger partial charge in [0.05, 0.1) is 5.69 Å². The summed E-state index contributed by atoms with van der Waals surface area (Å²) in [4.78, 5) is 11.4. The molecule has 0 bridgehead atoms. The van der Waals surface area contributed by atoms with Crippen molar-refractivity contribution in [3.05, 3.63) is 17.5 Å². The molecule has 2 heterocycles. The number of rotatable bonds is 3. The number of aromatic nitrogens is 2. The van der Waals surface area contributed by atoms with Crippen molar-refractivity contribution in [3.8, 4) is 0 Å². The Morgan fingerprint density at radius 1 is 1.53 bits per heavy atom. The highest BCUT2D eigenvalue weighted by Gasteiger charge is 2.25. The van der Waals surface area contributed by atoms with Gasteiger partial charge in [-0.15, -0.1) is 0 Å². The van der Waals surface area contributed by atoms with Crippen molar-refractivity contribution in [3.63, 3.8) is 0 Å². The largest absolute Gasteiger partial charge is 0.337 e. The van der Waals surface area contributed by atoms with Gasteiger partial charge in [0.2, 0.25) is 5.95 Å². The third-order valence-corrected chi connectivity index (χ3v) is 3.45. The average molecular weight is 234 g/mol. The quantitative estimate of drug-likeness (QED) is 0.867. The van der Waals surface area contributed by atoms with Crippen LogP contribution in [0.4, 0.5) is 5.95 Å². The Kier molecular flexibility index (Phi) is 3.62. The lowest BCUT2D eigenvalue weighted by atomic mass is 10.1. The third kappa shape index (κ3) is 2.41. The second-order valence-electron chi connectivity index (χ2n) is 5.12. The van der Waals surface area contributed by atoms with Crippen LogP contribution in [-0.4, -0.2) is 29.1 Å². The van der Waals surface area contributed by atoms with Gasteiger partial charge in [-0.3, -0.25) is 0 Å². The molecule has 2 N–H and O–H groups in total. The lowest BCUT2D eigenvalue weighted by Crippen LogP contribution is -2.36. The van der Waals surface area contributed by atoms with Gasteiger partial charge in [-0.2, -0.15) is 0 Å². The highest BCUT2D eigenvalue weighted by Crippen LogP contribution is 2.24. The van der Waals surface area contributed by atoms with E-state index in [1.165, 1.54) is 12.0 Å². The van der Waals surface area contributed by atoms with Crippen LogP contribution in [0.3, 0.4) is 0 Å². The molecule has 0 aromatic carbocycles. The van der Waals surface area contributed by atoms with E-state index in [1.54, 1.807) is 0 Å². The van der Waals surface area contributed by atoms with Crippen molar-refractivity contribution < 1.29 is 0 Å². The van der Waals surface area contributed by atoms with Gasteiger partial charge >= 0.3 is 0 Å². The summed E-state index contributed by atoms with van der Waals surface area (Å²) >= 11 is 0. The Morgan fingerprint density at radius 3 is 2.94 bits per heavy atom. The maximum Gasteiger partial charge on any atom is 0.225 e. The van der Waals surface area contributed by atoms with Crippen LogP contribution in [0.15, 0.2) is 6.20 Å². The van der Waals surface area contributed by atoms with Gasteiger partial charge in [-0.05, 0) is 31.2 Å². The van der Waals surface area contributed by atoms with Crippen LogP contribution < -0.4 is 10.6 Å². The zero-order valence-electron chi connectivity index (χ0n) is 11.0. The van der Waals surface area contributed by atoms with Crippen LogP contribution in [0.2, 0.25) is 0 Å². The molecule has 0 saturated carbocycles. The summed E-state index contributed by atoms with van der Waals surface area (Å²) in [6.45, 7) is 8.13. The van der Waals surface area contributed by atoms with Crippen molar-refractivity contribution in [2.75, 3.05) is 18.0 Å². The number of hydrogen-bond acceptors (Lipinski definition) is 4. The van der Waals surface area contributed by atoms with Crippen LogP contribution in [0.1, 0.15) is 43.9 Å². The van der Waals surface area contributed by atoms with Crippen LogP contribution in [0, 0.1) is 6.92 Å². The van der Waals surface area contributed by atoms with Gasteiger partial charge in [-0.25, -0.2) is 9.97 Å². The van der Waals surface area contributed by atoms with E-state index in [2.05, 4.69) is 30.7 Å². The molecule has 4 heteroatoms. The number of anilines is 1. The number of nitrogens with two attached hydrogens (primary N) is 1. The Labute approximate surface area is 103 Å². The van der Waals surface area contributed by atoms with Gasteiger partial charge in [0.25, 0.3) is 0 Å². The topological polar surface area (TPSA) is 55.0 Å². The first-order valence-corrected chi connectivity index (χ1v) is 6.43. The van der Waals surface area contributed by atoms with E-state index in [4.69, 9.17) is 10.7 Å². The van der Waals surface area contributed by atoms with Crippen LogP contribution in [-0.2, 0) is 0 Å². The van der Waals surface area contributed by atoms with Crippen molar-refractivity contribution in [2.24, 2.45) is 5.73 Å². The van der Waals surface area contributed by atoms with E-state index in [1.807, 2.05) is 6.20 Å². The first kappa shape index (κ1) is 12.3. The maximum absolute atomic E-state index is 5.79. The molecular weight excluding hydrogens is 212 g/mol.